The Bertz CT molecular complexity index is 1970. The summed E-state index contributed by atoms with van der Waals surface area (Å²) in [6, 6.07) is 31.3. The van der Waals surface area contributed by atoms with Crippen molar-refractivity contribution in [1.29, 1.82) is 0 Å². The second kappa shape index (κ2) is 21.9. The second-order valence-corrected chi connectivity index (χ2v) is 14.5. The van der Waals surface area contributed by atoms with Crippen molar-refractivity contribution in [2.45, 2.75) is 83.1 Å². The molecule has 8 heteroatoms. The molecule has 0 aromatic heterocycles. The van der Waals surface area contributed by atoms with Crippen LogP contribution < -0.4 is 22.6 Å². The molecule has 0 heterocycles. The minimum atomic E-state index is -2.28. The van der Waals surface area contributed by atoms with Crippen LogP contribution in [-0.2, 0) is 0 Å². The van der Waals surface area contributed by atoms with Crippen LogP contribution in [0.15, 0.2) is 121 Å². The average molecular weight is 767 g/mol. The Kier molecular flexibility index (Phi) is 17.8. The number of benzene rings is 5. The van der Waals surface area contributed by atoms with E-state index in [1.165, 1.54) is 5.57 Å². The summed E-state index contributed by atoms with van der Waals surface area (Å²) in [6.07, 6.45) is 6.20. The van der Waals surface area contributed by atoms with E-state index < -0.39 is 17.2 Å². The Morgan fingerprint density at radius 3 is 1.28 bits per heavy atom. The molecule has 0 aliphatic carbocycles. The lowest BCUT2D eigenvalue weighted by Gasteiger charge is -2.24. The van der Waals surface area contributed by atoms with Crippen molar-refractivity contribution >= 4 is 17.2 Å². The SMILES string of the molecule is C/C=C\C(C)=C/C.CC.Cc1cc(C)c(OP(O)Oc2ccccc2C)c(-c2cc(C)cc(C)c2OP(Oc2ccccc2C)Oc2ccccc2C)c1. The maximum atomic E-state index is 11.0. The van der Waals surface area contributed by atoms with Crippen LogP contribution >= 0.6 is 17.2 Å². The van der Waals surface area contributed by atoms with E-state index in [1.807, 2.05) is 167 Å². The van der Waals surface area contributed by atoms with Gasteiger partial charge in [-0.25, -0.2) is 0 Å². The Hall–Kier alpha value is -4.60. The van der Waals surface area contributed by atoms with Gasteiger partial charge in [-0.05, 0) is 139 Å². The number of hydrogen-bond donors (Lipinski definition) is 1. The van der Waals surface area contributed by atoms with E-state index in [4.69, 9.17) is 22.6 Å². The van der Waals surface area contributed by atoms with Gasteiger partial charge in [-0.2, -0.15) is 0 Å². The first-order valence-corrected chi connectivity index (χ1v) is 20.5. The highest BCUT2D eigenvalue weighted by Crippen LogP contribution is 2.51. The molecule has 0 spiro atoms. The first kappa shape index (κ1) is 43.8. The van der Waals surface area contributed by atoms with Crippen molar-refractivity contribution < 1.29 is 27.5 Å². The van der Waals surface area contributed by atoms with Gasteiger partial charge in [-0.1, -0.05) is 104 Å². The van der Waals surface area contributed by atoms with Gasteiger partial charge in [0, 0.05) is 11.1 Å². The molecule has 1 atom stereocenters. The maximum absolute atomic E-state index is 11.0. The molecule has 0 saturated heterocycles. The lowest BCUT2D eigenvalue weighted by Crippen LogP contribution is -2.06. The summed E-state index contributed by atoms with van der Waals surface area (Å²) in [5, 5.41) is 0. The molecular formula is C46H56O6P2. The molecule has 5 aromatic rings. The van der Waals surface area contributed by atoms with Crippen LogP contribution in [0.1, 0.15) is 73.6 Å². The van der Waals surface area contributed by atoms with E-state index >= 15 is 0 Å². The quantitative estimate of drug-likeness (QED) is 0.101. The third kappa shape index (κ3) is 12.8. The standard InChI is InChI=1S/C37H38O6P2.C7H12.C2H6/c1-24-20-29(6)36(42-44(38)39-33-17-11-8-14-26(33)3)31(22-24)32-23-25(2)21-30(7)37(32)43-45(40-34-18-12-9-15-27(34)4)41-35-19-13-10-16-28(35)5;1-4-6-7(3)5-2;1-2/h8-23,38H,1-7H3;4-6H,1-3H3;1-2H3/b;6-4-,7-5-;. The van der Waals surface area contributed by atoms with E-state index in [0.29, 0.717) is 28.7 Å². The van der Waals surface area contributed by atoms with E-state index in [-0.39, 0.29) is 0 Å². The van der Waals surface area contributed by atoms with Gasteiger partial charge in [0.05, 0.1) is 0 Å². The minimum absolute atomic E-state index is 0.515. The largest absolute Gasteiger partial charge is 0.530 e. The van der Waals surface area contributed by atoms with E-state index in [0.717, 1.165) is 50.1 Å². The van der Waals surface area contributed by atoms with Gasteiger partial charge >= 0.3 is 17.2 Å². The fourth-order valence-electron chi connectivity index (χ4n) is 5.36. The molecule has 5 rings (SSSR count). The summed E-state index contributed by atoms with van der Waals surface area (Å²) < 4.78 is 31.6. The van der Waals surface area contributed by atoms with Gasteiger partial charge in [0.2, 0.25) is 0 Å². The topological polar surface area (TPSA) is 66.4 Å². The van der Waals surface area contributed by atoms with E-state index in [1.54, 1.807) is 0 Å². The van der Waals surface area contributed by atoms with Crippen LogP contribution in [0.5, 0.6) is 28.7 Å². The van der Waals surface area contributed by atoms with Gasteiger partial charge < -0.3 is 27.5 Å². The van der Waals surface area contributed by atoms with Crippen LogP contribution in [0.25, 0.3) is 11.1 Å². The fraction of sp³-hybridized carbons (Fsp3) is 0.261. The first-order chi connectivity index (χ1) is 25.9. The molecule has 0 aliphatic rings. The molecule has 5 aromatic carbocycles. The Labute approximate surface area is 326 Å². The van der Waals surface area contributed by atoms with Crippen molar-refractivity contribution in [3.05, 3.63) is 160 Å². The zero-order valence-corrected chi connectivity index (χ0v) is 35.6. The molecule has 1 N–H and O–H groups in total. The van der Waals surface area contributed by atoms with Crippen LogP contribution in [0.2, 0.25) is 0 Å². The summed E-state index contributed by atoms with van der Waals surface area (Å²) >= 11 is 0. The zero-order valence-electron chi connectivity index (χ0n) is 33.9. The number of aryl methyl sites for hydroxylation is 7. The normalized spacial score (nSPS) is 11.6. The summed E-state index contributed by atoms with van der Waals surface area (Å²) in [4.78, 5) is 11.0. The van der Waals surface area contributed by atoms with Crippen molar-refractivity contribution in [1.82, 2.24) is 0 Å². The monoisotopic (exact) mass is 766 g/mol. The Balaban J connectivity index is 0.000000783. The number of para-hydroxylation sites is 3. The third-order valence-corrected chi connectivity index (χ3v) is 9.87. The lowest BCUT2D eigenvalue weighted by molar-refractivity contribution is 0.378. The summed E-state index contributed by atoms with van der Waals surface area (Å²) in [5.74, 6) is 3.05. The van der Waals surface area contributed by atoms with Crippen molar-refractivity contribution in [3.63, 3.8) is 0 Å². The maximum Gasteiger partial charge on any atom is 0.530 e. The summed E-state index contributed by atoms with van der Waals surface area (Å²) in [5.41, 5.74) is 9.59. The lowest BCUT2D eigenvalue weighted by atomic mass is 9.95. The van der Waals surface area contributed by atoms with Gasteiger partial charge in [0.1, 0.15) is 28.7 Å². The molecule has 0 fully saturated rings. The van der Waals surface area contributed by atoms with Crippen LogP contribution in [0.4, 0.5) is 0 Å². The molecular weight excluding hydrogens is 710 g/mol. The first-order valence-electron chi connectivity index (χ1n) is 18.2. The number of hydrogen-bond acceptors (Lipinski definition) is 6. The van der Waals surface area contributed by atoms with Crippen LogP contribution in [0, 0.1) is 48.5 Å². The molecule has 54 heavy (non-hydrogen) atoms. The smallest absolute Gasteiger partial charge is 0.418 e. The summed E-state index contributed by atoms with van der Waals surface area (Å²) in [6.45, 7) is 24.1. The molecule has 0 aliphatic heterocycles. The van der Waals surface area contributed by atoms with Crippen LogP contribution in [0.3, 0.4) is 0 Å². The highest BCUT2D eigenvalue weighted by atomic mass is 31.2. The Morgan fingerprint density at radius 2 is 0.907 bits per heavy atom. The average Bonchev–Trinajstić information content (AvgIpc) is 3.14. The molecule has 286 valence electrons. The summed E-state index contributed by atoms with van der Waals surface area (Å²) in [7, 11) is -4.23. The van der Waals surface area contributed by atoms with Gasteiger partial charge in [0.15, 0.2) is 0 Å². The molecule has 6 nitrogen and oxygen atoms in total. The van der Waals surface area contributed by atoms with Crippen LogP contribution in [-0.4, -0.2) is 4.89 Å². The number of rotatable bonds is 12. The second-order valence-electron chi connectivity index (χ2n) is 12.7. The molecule has 1 unspecified atom stereocenters. The van der Waals surface area contributed by atoms with Crippen molar-refractivity contribution in [3.8, 4) is 39.9 Å². The fourth-order valence-corrected chi connectivity index (χ4v) is 7.40. The molecule has 0 saturated carbocycles. The Morgan fingerprint density at radius 1 is 0.519 bits per heavy atom. The van der Waals surface area contributed by atoms with E-state index in [2.05, 4.69) is 31.2 Å². The zero-order chi connectivity index (χ0) is 39.8. The minimum Gasteiger partial charge on any atom is -0.418 e. The van der Waals surface area contributed by atoms with E-state index in [9.17, 15) is 4.89 Å². The van der Waals surface area contributed by atoms with Gasteiger partial charge in [0.25, 0.3) is 0 Å². The highest BCUT2D eigenvalue weighted by molar-refractivity contribution is 7.43. The van der Waals surface area contributed by atoms with Gasteiger partial charge in [-0.15, -0.1) is 0 Å². The molecule has 0 amide bonds. The third-order valence-electron chi connectivity index (χ3n) is 8.15. The predicted octanol–water partition coefficient (Wildman–Crippen LogP) is 14.5. The predicted molar refractivity (Wildman–Crippen MR) is 229 cm³/mol. The van der Waals surface area contributed by atoms with Gasteiger partial charge in [-0.3, -0.25) is 0 Å². The molecule has 0 radical (unpaired) electrons. The number of allylic oxidation sites excluding steroid dienone is 4. The van der Waals surface area contributed by atoms with Crippen molar-refractivity contribution in [2.24, 2.45) is 0 Å². The highest BCUT2D eigenvalue weighted by Gasteiger charge is 2.27. The molecule has 0 bridgehead atoms. The van der Waals surface area contributed by atoms with Crippen molar-refractivity contribution in [2.75, 3.05) is 0 Å².